The molecule has 2 fully saturated rings. The number of nitrogens with one attached hydrogen (secondary N) is 1. The molecule has 0 bridgehead atoms. The molecule has 2 aliphatic carbocycles. The molecule has 0 atom stereocenters. The normalized spacial score (nSPS) is 19.4. The van der Waals surface area contributed by atoms with Gasteiger partial charge in [-0.05, 0) is 43.6 Å². The Kier molecular flexibility index (Phi) is 2.50. The molecule has 0 aromatic heterocycles. The van der Waals surface area contributed by atoms with E-state index in [1.54, 1.807) is 12.1 Å². The Morgan fingerprint density at radius 1 is 1.18 bits per heavy atom. The van der Waals surface area contributed by atoms with E-state index in [0.29, 0.717) is 11.7 Å². The molecule has 0 spiro atoms. The highest BCUT2D eigenvalue weighted by molar-refractivity contribution is 5.61. The lowest BCUT2D eigenvalue weighted by Crippen LogP contribution is -2.24. The molecule has 90 valence electrons. The van der Waals surface area contributed by atoms with Crippen LogP contribution in [0.15, 0.2) is 24.3 Å². The molecule has 0 saturated heterocycles. The van der Waals surface area contributed by atoms with E-state index in [2.05, 4.69) is 5.32 Å². The van der Waals surface area contributed by atoms with Crippen molar-refractivity contribution in [2.24, 2.45) is 11.8 Å². The number of anilines is 1. The minimum absolute atomic E-state index is 0.193. The fourth-order valence-electron chi connectivity index (χ4n) is 2.47. The minimum atomic E-state index is -0.306. The molecule has 17 heavy (non-hydrogen) atoms. The van der Waals surface area contributed by atoms with Crippen molar-refractivity contribution in [1.29, 1.82) is 0 Å². The number of benzene rings is 1. The second kappa shape index (κ2) is 4.02. The summed E-state index contributed by atoms with van der Waals surface area (Å²) >= 11 is 0. The van der Waals surface area contributed by atoms with Gasteiger partial charge in [0.1, 0.15) is 5.69 Å². The van der Waals surface area contributed by atoms with Gasteiger partial charge < -0.3 is 5.32 Å². The van der Waals surface area contributed by atoms with E-state index in [1.807, 2.05) is 12.1 Å². The van der Waals surface area contributed by atoms with Crippen LogP contribution in [0.1, 0.15) is 25.7 Å². The van der Waals surface area contributed by atoms with E-state index < -0.39 is 0 Å². The first-order valence-electron chi connectivity index (χ1n) is 6.25. The molecule has 4 heteroatoms. The highest BCUT2D eigenvalue weighted by atomic mass is 16.6. The third-order valence-electron chi connectivity index (χ3n) is 3.68. The molecular formula is C13H16N2O2. The summed E-state index contributed by atoms with van der Waals surface area (Å²) in [6.45, 7) is 0. The standard InChI is InChI=1S/C13H16N2O2/c16-15(17)12-4-2-1-3-11(12)14-13(9-5-6-9)10-7-8-10/h1-4,9-10,13-14H,5-8H2. The monoisotopic (exact) mass is 232 g/mol. The van der Waals surface area contributed by atoms with E-state index in [0.717, 1.165) is 11.8 Å². The van der Waals surface area contributed by atoms with Gasteiger partial charge in [0, 0.05) is 12.1 Å². The Hall–Kier alpha value is -1.58. The summed E-state index contributed by atoms with van der Waals surface area (Å²) in [5.74, 6) is 1.48. The fraction of sp³-hybridized carbons (Fsp3) is 0.538. The second-order valence-corrected chi connectivity index (χ2v) is 5.12. The van der Waals surface area contributed by atoms with Crippen molar-refractivity contribution < 1.29 is 4.92 Å². The van der Waals surface area contributed by atoms with Crippen LogP contribution >= 0.6 is 0 Å². The first-order chi connectivity index (χ1) is 8.25. The lowest BCUT2D eigenvalue weighted by Gasteiger charge is -2.18. The number of hydrogen-bond acceptors (Lipinski definition) is 3. The summed E-state index contributed by atoms with van der Waals surface area (Å²) in [4.78, 5) is 10.6. The summed E-state index contributed by atoms with van der Waals surface area (Å²) in [5.41, 5.74) is 0.875. The summed E-state index contributed by atoms with van der Waals surface area (Å²) in [6, 6.07) is 7.41. The number of nitro groups is 1. The fourth-order valence-corrected chi connectivity index (χ4v) is 2.47. The second-order valence-electron chi connectivity index (χ2n) is 5.12. The first-order valence-corrected chi connectivity index (χ1v) is 6.25. The smallest absolute Gasteiger partial charge is 0.292 e. The van der Waals surface area contributed by atoms with Gasteiger partial charge in [-0.15, -0.1) is 0 Å². The summed E-state index contributed by atoms with van der Waals surface area (Å²) in [7, 11) is 0. The maximum absolute atomic E-state index is 10.9. The minimum Gasteiger partial charge on any atom is -0.376 e. The van der Waals surface area contributed by atoms with Crippen LogP contribution in [-0.2, 0) is 0 Å². The Bertz CT molecular complexity index is 427. The number of para-hydroxylation sites is 2. The molecule has 1 aromatic rings. The predicted octanol–water partition coefficient (Wildman–Crippen LogP) is 3.20. The molecular weight excluding hydrogens is 216 g/mol. The molecule has 0 aliphatic heterocycles. The van der Waals surface area contributed by atoms with E-state index in [1.165, 1.54) is 25.7 Å². The number of hydrogen-bond donors (Lipinski definition) is 1. The van der Waals surface area contributed by atoms with Gasteiger partial charge in [0.25, 0.3) is 5.69 Å². The SMILES string of the molecule is O=[N+]([O-])c1ccccc1NC(C1CC1)C1CC1. The largest absolute Gasteiger partial charge is 0.376 e. The van der Waals surface area contributed by atoms with Gasteiger partial charge in [-0.3, -0.25) is 10.1 Å². The van der Waals surface area contributed by atoms with Crippen LogP contribution in [-0.4, -0.2) is 11.0 Å². The third kappa shape index (κ3) is 2.25. The first kappa shape index (κ1) is 10.6. The van der Waals surface area contributed by atoms with Crippen molar-refractivity contribution in [1.82, 2.24) is 0 Å². The maximum Gasteiger partial charge on any atom is 0.292 e. The van der Waals surface area contributed by atoms with Crippen molar-refractivity contribution >= 4 is 11.4 Å². The molecule has 0 unspecified atom stereocenters. The Balaban J connectivity index is 1.80. The molecule has 4 nitrogen and oxygen atoms in total. The lowest BCUT2D eigenvalue weighted by atomic mass is 10.1. The van der Waals surface area contributed by atoms with Crippen molar-refractivity contribution in [2.75, 3.05) is 5.32 Å². The average molecular weight is 232 g/mol. The van der Waals surface area contributed by atoms with Gasteiger partial charge in [-0.25, -0.2) is 0 Å². The van der Waals surface area contributed by atoms with Crippen molar-refractivity contribution in [3.63, 3.8) is 0 Å². The topological polar surface area (TPSA) is 55.2 Å². The van der Waals surface area contributed by atoms with Crippen LogP contribution in [0, 0.1) is 22.0 Å². The van der Waals surface area contributed by atoms with Crippen LogP contribution in [0.25, 0.3) is 0 Å². The van der Waals surface area contributed by atoms with Gasteiger partial charge >= 0.3 is 0 Å². The van der Waals surface area contributed by atoms with E-state index in [-0.39, 0.29) is 10.6 Å². The van der Waals surface area contributed by atoms with Crippen LogP contribution in [0.2, 0.25) is 0 Å². The zero-order valence-corrected chi connectivity index (χ0v) is 9.63. The Morgan fingerprint density at radius 2 is 1.76 bits per heavy atom. The Morgan fingerprint density at radius 3 is 2.29 bits per heavy atom. The van der Waals surface area contributed by atoms with Crippen LogP contribution < -0.4 is 5.32 Å². The number of rotatable bonds is 5. The molecule has 1 N–H and O–H groups in total. The van der Waals surface area contributed by atoms with E-state index in [4.69, 9.17) is 0 Å². The summed E-state index contributed by atoms with van der Waals surface area (Å²) < 4.78 is 0. The third-order valence-corrected chi connectivity index (χ3v) is 3.68. The highest BCUT2D eigenvalue weighted by Gasteiger charge is 2.41. The number of nitro benzene ring substituents is 1. The molecule has 0 radical (unpaired) electrons. The molecule has 0 heterocycles. The Labute approximate surface area is 100 Å². The van der Waals surface area contributed by atoms with Crippen LogP contribution in [0.3, 0.4) is 0 Å². The average Bonchev–Trinajstić information content (AvgIpc) is 3.16. The summed E-state index contributed by atoms with van der Waals surface area (Å²) in [6.07, 6.45) is 5.09. The van der Waals surface area contributed by atoms with Gasteiger partial charge in [0.05, 0.1) is 4.92 Å². The van der Waals surface area contributed by atoms with Crippen LogP contribution in [0.4, 0.5) is 11.4 Å². The predicted molar refractivity (Wildman–Crippen MR) is 66.0 cm³/mol. The van der Waals surface area contributed by atoms with Gasteiger partial charge in [-0.2, -0.15) is 0 Å². The molecule has 2 aliphatic rings. The van der Waals surface area contributed by atoms with Gasteiger partial charge in [0.15, 0.2) is 0 Å². The maximum atomic E-state index is 10.9. The zero-order valence-electron chi connectivity index (χ0n) is 9.63. The zero-order chi connectivity index (χ0) is 11.8. The quantitative estimate of drug-likeness (QED) is 0.626. The lowest BCUT2D eigenvalue weighted by molar-refractivity contribution is -0.384. The van der Waals surface area contributed by atoms with E-state index >= 15 is 0 Å². The molecule has 2 saturated carbocycles. The van der Waals surface area contributed by atoms with Crippen molar-refractivity contribution in [2.45, 2.75) is 31.7 Å². The van der Waals surface area contributed by atoms with Gasteiger partial charge in [-0.1, -0.05) is 12.1 Å². The number of nitrogens with zero attached hydrogens (tertiary/aromatic N) is 1. The summed E-state index contributed by atoms with van der Waals surface area (Å²) in [5, 5.41) is 14.4. The van der Waals surface area contributed by atoms with Crippen LogP contribution in [0.5, 0.6) is 0 Å². The molecule has 1 aromatic carbocycles. The van der Waals surface area contributed by atoms with Gasteiger partial charge in [0.2, 0.25) is 0 Å². The van der Waals surface area contributed by atoms with Crippen molar-refractivity contribution in [3.8, 4) is 0 Å². The molecule has 0 amide bonds. The van der Waals surface area contributed by atoms with E-state index in [9.17, 15) is 10.1 Å². The molecule has 3 rings (SSSR count). The van der Waals surface area contributed by atoms with Crippen molar-refractivity contribution in [3.05, 3.63) is 34.4 Å². The highest BCUT2D eigenvalue weighted by Crippen LogP contribution is 2.46.